The van der Waals surface area contributed by atoms with Gasteiger partial charge in [-0.3, -0.25) is 0 Å². The monoisotopic (exact) mass is 308 g/mol. The highest BCUT2D eigenvalue weighted by Gasteiger charge is 2.09. The first-order valence-electron chi connectivity index (χ1n) is 6.29. The van der Waals surface area contributed by atoms with Crippen LogP contribution in [0.2, 0.25) is 5.02 Å². The molecule has 0 bridgehead atoms. The molecule has 0 saturated carbocycles. The van der Waals surface area contributed by atoms with E-state index in [9.17, 15) is 9.18 Å². The second-order valence-electron chi connectivity index (χ2n) is 4.31. The third kappa shape index (κ3) is 3.86. The van der Waals surface area contributed by atoms with Crippen LogP contribution in [-0.2, 0) is 4.74 Å². The molecule has 0 unspecified atom stereocenters. The van der Waals surface area contributed by atoms with E-state index in [1.165, 1.54) is 18.2 Å². The van der Waals surface area contributed by atoms with Gasteiger partial charge in [-0.2, -0.15) is 0 Å². The molecular formula is C15H14ClFN2O2. The van der Waals surface area contributed by atoms with E-state index in [-0.39, 0.29) is 5.02 Å². The van der Waals surface area contributed by atoms with Crippen molar-refractivity contribution in [3.8, 4) is 0 Å². The van der Waals surface area contributed by atoms with Crippen molar-refractivity contribution < 1.29 is 13.9 Å². The van der Waals surface area contributed by atoms with Gasteiger partial charge in [0.15, 0.2) is 0 Å². The van der Waals surface area contributed by atoms with Crippen LogP contribution in [0.4, 0.5) is 21.5 Å². The standard InChI is InChI=1S/C15H14ClFN2O2/c1-2-21-15(20)9-3-4-14(13(18)5-9)19-12-7-10(16)6-11(17)8-12/h3-8,19H,2,18H2,1H3. The maximum Gasteiger partial charge on any atom is 0.338 e. The van der Waals surface area contributed by atoms with E-state index < -0.39 is 11.8 Å². The summed E-state index contributed by atoms with van der Waals surface area (Å²) in [6.45, 7) is 2.02. The Morgan fingerprint density at radius 1 is 1.33 bits per heavy atom. The molecule has 110 valence electrons. The van der Waals surface area contributed by atoms with Gasteiger partial charge in [0, 0.05) is 10.7 Å². The number of benzene rings is 2. The number of nitrogen functional groups attached to an aromatic ring is 1. The summed E-state index contributed by atoms with van der Waals surface area (Å²) in [5.74, 6) is -0.892. The van der Waals surface area contributed by atoms with Gasteiger partial charge in [0.1, 0.15) is 5.82 Å². The van der Waals surface area contributed by atoms with Gasteiger partial charge in [-0.15, -0.1) is 0 Å². The van der Waals surface area contributed by atoms with E-state index in [4.69, 9.17) is 22.1 Å². The normalized spacial score (nSPS) is 10.2. The maximum absolute atomic E-state index is 13.3. The fourth-order valence-electron chi connectivity index (χ4n) is 1.80. The highest BCUT2D eigenvalue weighted by atomic mass is 35.5. The van der Waals surface area contributed by atoms with Crippen LogP contribution in [0.3, 0.4) is 0 Å². The van der Waals surface area contributed by atoms with E-state index in [1.54, 1.807) is 25.1 Å². The molecule has 0 aliphatic carbocycles. The molecule has 21 heavy (non-hydrogen) atoms. The topological polar surface area (TPSA) is 64.3 Å². The first kappa shape index (κ1) is 15.1. The molecule has 0 atom stereocenters. The van der Waals surface area contributed by atoms with Crippen LogP contribution in [0.1, 0.15) is 17.3 Å². The average Bonchev–Trinajstić information content (AvgIpc) is 2.40. The molecule has 0 amide bonds. The van der Waals surface area contributed by atoms with Crippen LogP contribution in [0.15, 0.2) is 36.4 Å². The summed E-state index contributed by atoms with van der Waals surface area (Å²) in [7, 11) is 0. The van der Waals surface area contributed by atoms with E-state index in [2.05, 4.69) is 5.32 Å². The van der Waals surface area contributed by atoms with E-state index in [0.29, 0.717) is 29.2 Å². The van der Waals surface area contributed by atoms with Crippen molar-refractivity contribution >= 4 is 34.6 Å². The van der Waals surface area contributed by atoms with E-state index >= 15 is 0 Å². The molecule has 0 spiro atoms. The van der Waals surface area contributed by atoms with Crippen molar-refractivity contribution in [2.45, 2.75) is 6.92 Å². The Morgan fingerprint density at radius 2 is 2.10 bits per heavy atom. The number of halogens is 2. The molecular weight excluding hydrogens is 295 g/mol. The molecule has 0 heterocycles. The molecule has 0 fully saturated rings. The first-order valence-corrected chi connectivity index (χ1v) is 6.67. The van der Waals surface area contributed by atoms with Crippen molar-refractivity contribution in [1.29, 1.82) is 0 Å². The van der Waals surface area contributed by atoms with Gasteiger partial charge in [-0.05, 0) is 43.3 Å². The minimum Gasteiger partial charge on any atom is -0.462 e. The number of nitrogens with two attached hydrogens (primary N) is 1. The van der Waals surface area contributed by atoms with E-state index in [0.717, 1.165) is 0 Å². The van der Waals surface area contributed by atoms with Crippen molar-refractivity contribution in [1.82, 2.24) is 0 Å². The molecule has 0 aliphatic heterocycles. The molecule has 0 aliphatic rings. The average molecular weight is 309 g/mol. The fraction of sp³-hybridized carbons (Fsp3) is 0.133. The molecule has 0 saturated heterocycles. The zero-order chi connectivity index (χ0) is 15.4. The van der Waals surface area contributed by atoms with Crippen LogP contribution < -0.4 is 11.1 Å². The quantitative estimate of drug-likeness (QED) is 0.662. The van der Waals surface area contributed by atoms with Crippen LogP contribution in [0, 0.1) is 5.82 Å². The summed E-state index contributed by atoms with van der Waals surface area (Å²) in [6, 6.07) is 8.78. The van der Waals surface area contributed by atoms with Gasteiger partial charge in [0.25, 0.3) is 0 Å². The summed E-state index contributed by atoms with van der Waals surface area (Å²) >= 11 is 5.79. The minimum atomic E-state index is -0.452. The Balaban J connectivity index is 2.23. The van der Waals surface area contributed by atoms with Crippen molar-refractivity contribution in [2.24, 2.45) is 0 Å². The Labute approximate surface area is 126 Å². The number of anilines is 3. The number of hydrogen-bond donors (Lipinski definition) is 2. The van der Waals surface area contributed by atoms with Gasteiger partial charge in [0.05, 0.1) is 23.5 Å². The molecule has 0 radical (unpaired) electrons. The number of ether oxygens (including phenoxy) is 1. The van der Waals surface area contributed by atoms with Gasteiger partial charge >= 0.3 is 5.97 Å². The smallest absolute Gasteiger partial charge is 0.338 e. The molecule has 6 heteroatoms. The lowest BCUT2D eigenvalue weighted by molar-refractivity contribution is 0.0526. The second kappa shape index (κ2) is 6.45. The lowest BCUT2D eigenvalue weighted by atomic mass is 10.1. The fourth-order valence-corrected chi connectivity index (χ4v) is 2.02. The van der Waals surface area contributed by atoms with Gasteiger partial charge in [-0.1, -0.05) is 11.6 Å². The number of esters is 1. The largest absolute Gasteiger partial charge is 0.462 e. The zero-order valence-electron chi connectivity index (χ0n) is 11.3. The molecule has 4 nitrogen and oxygen atoms in total. The summed E-state index contributed by atoms with van der Waals surface area (Å²) in [4.78, 5) is 11.6. The summed E-state index contributed by atoms with van der Waals surface area (Å²) in [5.41, 5.74) is 7.60. The summed E-state index contributed by atoms with van der Waals surface area (Å²) in [6.07, 6.45) is 0. The van der Waals surface area contributed by atoms with Gasteiger partial charge in [0.2, 0.25) is 0 Å². The van der Waals surface area contributed by atoms with Crippen molar-refractivity contribution in [3.05, 3.63) is 52.8 Å². The molecule has 2 rings (SSSR count). The van der Waals surface area contributed by atoms with Crippen LogP contribution in [-0.4, -0.2) is 12.6 Å². The Hall–Kier alpha value is -2.27. The van der Waals surface area contributed by atoms with Gasteiger partial charge < -0.3 is 15.8 Å². The summed E-state index contributed by atoms with van der Waals surface area (Å²) < 4.78 is 18.2. The number of rotatable bonds is 4. The van der Waals surface area contributed by atoms with Crippen molar-refractivity contribution in [3.63, 3.8) is 0 Å². The minimum absolute atomic E-state index is 0.277. The van der Waals surface area contributed by atoms with Crippen LogP contribution in [0.5, 0.6) is 0 Å². The second-order valence-corrected chi connectivity index (χ2v) is 4.74. The molecule has 0 aromatic heterocycles. The lowest BCUT2D eigenvalue weighted by Crippen LogP contribution is -2.06. The Morgan fingerprint density at radius 3 is 2.71 bits per heavy atom. The molecule has 3 N–H and O–H groups in total. The Bertz CT molecular complexity index is 656. The zero-order valence-corrected chi connectivity index (χ0v) is 12.1. The Kier molecular flexibility index (Phi) is 4.65. The first-order chi connectivity index (χ1) is 9.99. The number of hydrogen-bond acceptors (Lipinski definition) is 4. The summed E-state index contributed by atoms with van der Waals surface area (Å²) in [5, 5.41) is 3.23. The maximum atomic E-state index is 13.3. The highest BCUT2D eigenvalue weighted by Crippen LogP contribution is 2.26. The number of nitrogens with one attached hydrogen (secondary N) is 1. The van der Waals surface area contributed by atoms with Crippen LogP contribution >= 0.6 is 11.6 Å². The predicted octanol–water partition coefficient (Wildman–Crippen LogP) is 3.98. The number of carbonyl (C=O) groups excluding carboxylic acids is 1. The number of carbonyl (C=O) groups is 1. The molecule has 2 aromatic rings. The van der Waals surface area contributed by atoms with Crippen molar-refractivity contribution in [2.75, 3.05) is 17.7 Å². The third-order valence-corrected chi connectivity index (χ3v) is 2.92. The predicted molar refractivity (Wildman–Crippen MR) is 81.5 cm³/mol. The van der Waals surface area contributed by atoms with E-state index in [1.807, 2.05) is 0 Å². The van der Waals surface area contributed by atoms with Crippen LogP contribution in [0.25, 0.3) is 0 Å². The SMILES string of the molecule is CCOC(=O)c1ccc(Nc2cc(F)cc(Cl)c2)c(N)c1. The highest BCUT2D eigenvalue weighted by molar-refractivity contribution is 6.30. The molecule has 2 aromatic carbocycles. The van der Waals surface area contributed by atoms with Gasteiger partial charge in [-0.25, -0.2) is 9.18 Å². The third-order valence-electron chi connectivity index (χ3n) is 2.70. The lowest BCUT2D eigenvalue weighted by Gasteiger charge is -2.11.